The van der Waals surface area contributed by atoms with Gasteiger partial charge in [0.2, 0.25) is 0 Å². The second-order valence-electron chi connectivity index (χ2n) is 1.91. The Morgan fingerprint density at radius 3 is 1.75 bits per heavy atom. The molecule has 48 valence electrons. The molecule has 0 radical (unpaired) electrons. The van der Waals surface area contributed by atoms with Crippen LogP contribution >= 0.6 is 0 Å². The number of hydrogen-bond acceptors (Lipinski definition) is 3. The van der Waals surface area contributed by atoms with Crippen molar-refractivity contribution in [3.8, 4) is 0 Å². The molecule has 0 spiro atoms. The second kappa shape index (κ2) is 2.23. The van der Waals surface area contributed by atoms with Gasteiger partial charge in [0, 0.05) is 0 Å². The van der Waals surface area contributed by atoms with E-state index >= 15 is 0 Å². The van der Waals surface area contributed by atoms with Gasteiger partial charge in [-0.15, -0.1) is 0 Å². The van der Waals surface area contributed by atoms with Crippen molar-refractivity contribution in [3.63, 3.8) is 0 Å². The molecule has 2 N–H and O–H groups in total. The molecular formula is C4H8O3Se. The molecule has 0 aromatic heterocycles. The molecule has 4 heteroatoms. The Kier molecular flexibility index (Phi) is 1.77. The summed E-state index contributed by atoms with van der Waals surface area (Å²) in [5.41, 5.74) is 0. The Hall–Kier alpha value is 0.239. The molecular weight excluding hydrogens is 175 g/mol. The van der Waals surface area contributed by atoms with Gasteiger partial charge < -0.3 is 0 Å². The van der Waals surface area contributed by atoms with E-state index in [1.165, 1.54) is 0 Å². The molecule has 1 rings (SSSR count). The van der Waals surface area contributed by atoms with Gasteiger partial charge in [-0.3, -0.25) is 0 Å². The summed E-state index contributed by atoms with van der Waals surface area (Å²) >= 11 is -1.80. The van der Waals surface area contributed by atoms with E-state index in [0.29, 0.717) is 10.6 Å². The molecule has 0 saturated carbocycles. The number of hydrogen-bond donors (Lipinski definition) is 2. The van der Waals surface area contributed by atoms with E-state index in [0.717, 1.165) is 0 Å². The summed E-state index contributed by atoms with van der Waals surface area (Å²) in [6.45, 7) is 0. The van der Waals surface area contributed by atoms with Gasteiger partial charge in [0.15, 0.2) is 0 Å². The van der Waals surface area contributed by atoms with Crippen molar-refractivity contribution in [2.75, 3.05) is 0 Å². The zero-order valence-electron chi connectivity index (χ0n) is 4.28. The van der Waals surface area contributed by atoms with Crippen LogP contribution in [0.4, 0.5) is 0 Å². The molecule has 1 fully saturated rings. The third kappa shape index (κ3) is 1.14. The Bertz CT molecular complexity index is 102. The van der Waals surface area contributed by atoms with Crippen LogP contribution in [0.25, 0.3) is 0 Å². The van der Waals surface area contributed by atoms with Crippen LogP contribution in [-0.2, 0) is 3.83 Å². The first-order chi connectivity index (χ1) is 3.70. The Balaban J connectivity index is 2.51. The second-order valence-corrected chi connectivity index (χ2v) is 5.15. The van der Waals surface area contributed by atoms with Crippen molar-refractivity contribution in [1.29, 1.82) is 0 Å². The van der Waals surface area contributed by atoms with Gasteiger partial charge in [-0.1, -0.05) is 0 Å². The summed E-state index contributed by atoms with van der Waals surface area (Å²) in [5.74, 6) is 0. The van der Waals surface area contributed by atoms with Gasteiger partial charge in [0.05, 0.1) is 0 Å². The quantitative estimate of drug-likeness (QED) is 0.480. The van der Waals surface area contributed by atoms with Crippen LogP contribution in [0.3, 0.4) is 0 Å². The van der Waals surface area contributed by atoms with Crippen molar-refractivity contribution < 1.29 is 14.0 Å². The zero-order chi connectivity index (χ0) is 6.15. The fourth-order valence-electron chi connectivity index (χ4n) is 0.671. The summed E-state index contributed by atoms with van der Waals surface area (Å²) in [4.78, 5) is 0. The van der Waals surface area contributed by atoms with Crippen molar-refractivity contribution in [3.05, 3.63) is 0 Å². The van der Waals surface area contributed by atoms with Crippen LogP contribution in [0.5, 0.6) is 0 Å². The van der Waals surface area contributed by atoms with Crippen molar-refractivity contribution in [1.82, 2.24) is 0 Å². The van der Waals surface area contributed by atoms with Gasteiger partial charge in [-0.2, -0.15) is 0 Å². The Morgan fingerprint density at radius 1 is 1.25 bits per heavy atom. The van der Waals surface area contributed by atoms with E-state index in [1.54, 1.807) is 0 Å². The standard InChI is InChI=1S/C4H8O3Se/c5-3-1-8(7)2-4(3)6/h3-6H,1-2H2/t3-,4-/m1/s1. The molecule has 2 atom stereocenters. The first-order valence-electron chi connectivity index (χ1n) is 2.41. The molecule has 3 nitrogen and oxygen atoms in total. The minimum atomic E-state index is -1.80. The maximum atomic E-state index is 10.6. The van der Waals surface area contributed by atoms with Crippen molar-refractivity contribution in [2.45, 2.75) is 22.8 Å². The predicted octanol–water partition coefficient (Wildman–Crippen LogP) is -0.856. The molecule has 0 aromatic rings. The third-order valence-electron chi connectivity index (χ3n) is 1.16. The Morgan fingerprint density at radius 2 is 1.62 bits per heavy atom. The van der Waals surface area contributed by atoms with Crippen LogP contribution in [0.1, 0.15) is 0 Å². The van der Waals surface area contributed by atoms with E-state index in [1.807, 2.05) is 0 Å². The molecule has 0 bridgehead atoms. The predicted molar refractivity (Wildman–Crippen MR) is 28.1 cm³/mol. The monoisotopic (exact) mass is 184 g/mol. The maximum absolute atomic E-state index is 10.6. The average Bonchev–Trinajstić information content (AvgIpc) is 1.85. The topological polar surface area (TPSA) is 57.5 Å². The fraction of sp³-hybridized carbons (Fsp3) is 1.00. The van der Waals surface area contributed by atoms with E-state index in [2.05, 4.69) is 0 Å². The molecule has 0 aliphatic carbocycles. The molecule has 1 heterocycles. The normalized spacial score (nSPS) is 40.8. The van der Waals surface area contributed by atoms with Gasteiger partial charge in [-0.05, 0) is 0 Å². The fourth-order valence-corrected chi connectivity index (χ4v) is 3.49. The van der Waals surface area contributed by atoms with Crippen LogP contribution in [0.2, 0.25) is 10.6 Å². The number of aliphatic hydroxyl groups excluding tert-OH is 2. The zero-order valence-corrected chi connectivity index (χ0v) is 5.99. The minimum absolute atomic E-state index is 0.334. The van der Waals surface area contributed by atoms with Crippen LogP contribution in [0, 0.1) is 0 Å². The third-order valence-corrected chi connectivity index (χ3v) is 4.15. The van der Waals surface area contributed by atoms with Gasteiger partial charge in [0.25, 0.3) is 0 Å². The first-order valence-corrected chi connectivity index (χ1v) is 5.53. The molecule has 0 aromatic carbocycles. The molecule has 1 aliphatic rings. The summed E-state index contributed by atoms with van der Waals surface area (Å²) in [5, 5.41) is 18.2. The van der Waals surface area contributed by atoms with Crippen LogP contribution in [-0.4, -0.2) is 36.3 Å². The molecule has 8 heavy (non-hydrogen) atoms. The molecule has 1 saturated heterocycles. The van der Waals surface area contributed by atoms with Gasteiger partial charge in [0.1, 0.15) is 0 Å². The van der Waals surface area contributed by atoms with E-state index in [9.17, 15) is 3.83 Å². The summed E-state index contributed by atoms with van der Waals surface area (Å²) in [7, 11) is 0. The number of aliphatic hydroxyl groups is 2. The molecule has 1 aliphatic heterocycles. The van der Waals surface area contributed by atoms with Crippen molar-refractivity contribution in [2.24, 2.45) is 0 Å². The van der Waals surface area contributed by atoms with Crippen molar-refractivity contribution >= 4 is 13.8 Å². The Labute approximate surface area is 51.4 Å². The van der Waals surface area contributed by atoms with Gasteiger partial charge >= 0.3 is 50.7 Å². The summed E-state index contributed by atoms with van der Waals surface area (Å²) < 4.78 is 10.6. The van der Waals surface area contributed by atoms with Gasteiger partial charge in [-0.25, -0.2) is 0 Å². The molecule has 0 unspecified atom stereocenters. The van der Waals surface area contributed by atoms with E-state index in [-0.39, 0.29) is 0 Å². The van der Waals surface area contributed by atoms with Crippen LogP contribution < -0.4 is 0 Å². The first kappa shape index (κ1) is 6.36. The number of rotatable bonds is 0. The summed E-state index contributed by atoms with van der Waals surface area (Å²) in [6, 6.07) is 0. The van der Waals surface area contributed by atoms with E-state index in [4.69, 9.17) is 10.2 Å². The summed E-state index contributed by atoms with van der Waals surface area (Å²) in [6.07, 6.45) is -1.42. The van der Waals surface area contributed by atoms with Crippen LogP contribution in [0.15, 0.2) is 0 Å². The average molecular weight is 183 g/mol. The SMILES string of the molecule is O=[Se]1C[C@@H](O)[C@H](O)C1. The molecule has 0 amide bonds. The van der Waals surface area contributed by atoms with E-state index < -0.39 is 26.0 Å².